The van der Waals surface area contributed by atoms with Crippen molar-refractivity contribution in [3.8, 4) is 11.3 Å². The summed E-state index contributed by atoms with van der Waals surface area (Å²) in [6, 6.07) is 7.86. The van der Waals surface area contributed by atoms with Gasteiger partial charge in [0, 0.05) is 23.9 Å². The quantitative estimate of drug-likeness (QED) is 0.787. The summed E-state index contributed by atoms with van der Waals surface area (Å²) in [6.07, 6.45) is 6.20. The van der Waals surface area contributed by atoms with Crippen molar-refractivity contribution < 1.29 is 4.79 Å². The molecule has 0 spiro atoms. The second-order valence-electron chi connectivity index (χ2n) is 5.23. The third kappa shape index (κ3) is 1.91. The van der Waals surface area contributed by atoms with Crippen molar-refractivity contribution in [1.82, 2.24) is 19.6 Å². The van der Waals surface area contributed by atoms with Crippen molar-refractivity contribution in [1.29, 1.82) is 0 Å². The van der Waals surface area contributed by atoms with Crippen LogP contribution in [-0.2, 0) is 11.2 Å². The zero-order valence-electron chi connectivity index (χ0n) is 10.9. The fourth-order valence-electron chi connectivity index (χ4n) is 2.43. The molecule has 3 aromatic heterocycles. The lowest BCUT2D eigenvalue weighted by atomic mass is 10.2. The number of fused-ring (bicyclic) bond motifs is 1. The molecule has 1 aliphatic rings. The molecule has 1 fully saturated rings. The Morgan fingerprint density at radius 1 is 1.35 bits per heavy atom. The number of pyridine rings is 1. The Morgan fingerprint density at radius 2 is 2.25 bits per heavy atom. The van der Waals surface area contributed by atoms with Crippen molar-refractivity contribution in [2.45, 2.75) is 19.3 Å². The number of aromatic amines is 1. The van der Waals surface area contributed by atoms with Crippen LogP contribution in [0.1, 0.15) is 18.7 Å². The van der Waals surface area contributed by atoms with Gasteiger partial charge in [-0.3, -0.25) is 4.79 Å². The summed E-state index contributed by atoms with van der Waals surface area (Å²) < 4.78 is 1.80. The third-order valence-corrected chi connectivity index (χ3v) is 3.66. The molecule has 0 bridgehead atoms. The van der Waals surface area contributed by atoms with Gasteiger partial charge >= 0.3 is 0 Å². The Hall–Kier alpha value is -2.43. The molecule has 3 heterocycles. The second kappa shape index (κ2) is 4.30. The maximum Gasteiger partial charge on any atom is 0.159 e. The number of H-pyrrole nitrogens is 1. The molecule has 1 aliphatic carbocycles. The molecule has 0 radical (unpaired) electrons. The van der Waals surface area contributed by atoms with E-state index in [2.05, 4.69) is 15.1 Å². The molecular formula is C15H14N4O. The van der Waals surface area contributed by atoms with Gasteiger partial charge in [0.05, 0.1) is 12.1 Å². The van der Waals surface area contributed by atoms with Gasteiger partial charge in [-0.05, 0) is 31.0 Å². The number of carbonyl (C=O) groups is 1. The van der Waals surface area contributed by atoms with Crippen LogP contribution >= 0.6 is 0 Å². The fraction of sp³-hybridized carbons (Fsp3) is 0.267. The summed E-state index contributed by atoms with van der Waals surface area (Å²) in [5, 5.41) is 4.49. The lowest BCUT2D eigenvalue weighted by Gasteiger charge is -2.00. The number of hydrogen-bond donors (Lipinski definition) is 1. The zero-order valence-corrected chi connectivity index (χ0v) is 10.9. The molecule has 0 aromatic carbocycles. The van der Waals surface area contributed by atoms with E-state index in [9.17, 15) is 4.79 Å². The minimum atomic E-state index is 0.255. The largest absolute Gasteiger partial charge is 0.367 e. The summed E-state index contributed by atoms with van der Waals surface area (Å²) in [5.41, 5.74) is 2.81. The van der Waals surface area contributed by atoms with Gasteiger partial charge in [-0.25, -0.2) is 9.50 Å². The third-order valence-electron chi connectivity index (χ3n) is 3.66. The van der Waals surface area contributed by atoms with E-state index in [4.69, 9.17) is 0 Å². The van der Waals surface area contributed by atoms with Gasteiger partial charge in [0.1, 0.15) is 5.78 Å². The normalized spacial score (nSPS) is 14.8. The Labute approximate surface area is 115 Å². The van der Waals surface area contributed by atoms with Gasteiger partial charge in [0.2, 0.25) is 0 Å². The van der Waals surface area contributed by atoms with E-state index < -0.39 is 0 Å². The van der Waals surface area contributed by atoms with Crippen LogP contribution in [0.2, 0.25) is 0 Å². The van der Waals surface area contributed by atoms with Gasteiger partial charge in [0.15, 0.2) is 11.5 Å². The molecule has 0 aliphatic heterocycles. The van der Waals surface area contributed by atoms with Crippen LogP contribution < -0.4 is 0 Å². The van der Waals surface area contributed by atoms with Crippen molar-refractivity contribution >= 4 is 11.4 Å². The minimum absolute atomic E-state index is 0.255. The first-order valence-electron chi connectivity index (χ1n) is 6.82. The van der Waals surface area contributed by atoms with E-state index >= 15 is 0 Å². The maximum atomic E-state index is 11.9. The molecular weight excluding hydrogens is 252 g/mol. The van der Waals surface area contributed by atoms with Crippen LogP contribution in [0.5, 0.6) is 0 Å². The van der Waals surface area contributed by atoms with Crippen LogP contribution in [0, 0.1) is 5.92 Å². The highest BCUT2D eigenvalue weighted by Crippen LogP contribution is 2.30. The van der Waals surface area contributed by atoms with E-state index in [0.717, 1.165) is 29.7 Å². The number of aromatic nitrogens is 4. The second-order valence-corrected chi connectivity index (χ2v) is 5.23. The number of ketones is 1. The van der Waals surface area contributed by atoms with Gasteiger partial charge in [-0.15, -0.1) is 0 Å². The van der Waals surface area contributed by atoms with Gasteiger partial charge in [-0.1, -0.05) is 6.07 Å². The molecule has 5 heteroatoms. The molecule has 5 nitrogen and oxygen atoms in total. The Bertz CT molecular complexity index is 768. The number of hydrogen-bond acceptors (Lipinski definition) is 3. The summed E-state index contributed by atoms with van der Waals surface area (Å²) in [5.74, 6) is 1.14. The maximum absolute atomic E-state index is 11.9. The first kappa shape index (κ1) is 11.4. The molecule has 0 amide bonds. The molecule has 0 atom stereocenters. The van der Waals surface area contributed by atoms with Crippen molar-refractivity contribution in [3.05, 3.63) is 42.5 Å². The molecule has 1 saturated carbocycles. The highest BCUT2D eigenvalue weighted by atomic mass is 16.1. The topological polar surface area (TPSA) is 63.0 Å². The molecule has 20 heavy (non-hydrogen) atoms. The number of Topliss-reactive ketones (excluding diaryl/α,β-unsaturated/α-hetero) is 1. The van der Waals surface area contributed by atoms with Crippen LogP contribution in [0.15, 0.2) is 36.7 Å². The predicted molar refractivity (Wildman–Crippen MR) is 74.2 cm³/mol. The van der Waals surface area contributed by atoms with Gasteiger partial charge < -0.3 is 4.98 Å². The number of carbonyl (C=O) groups excluding carboxylic acids is 1. The zero-order chi connectivity index (χ0) is 13.5. The Balaban J connectivity index is 1.75. The smallest absolute Gasteiger partial charge is 0.159 e. The monoisotopic (exact) mass is 266 g/mol. The average Bonchev–Trinajstić information content (AvgIpc) is 3.00. The molecule has 4 rings (SSSR count). The number of rotatable bonds is 4. The van der Waals surface area contributed by atoms with Crippen LogP contribution in [0.3, 0.4) is 0 Å². The standard InChI is InChI=1S/C15H14N4O/c20-13(10-4-5-10)8-14-17-15-3-1-2-12(19(15)18-14)11-6-7-16-9-11/h1-3,6-7,9-10,16H,4-5,8H2. The minimum Gasteiger partial charge on any atom is -0.367 e. The first-order chi connectivity index (χ1) is 9.81. The van der Waals surface area contributed by atoms with E-state index in [-0.39, 0.29) is 11.7 Å². The van der Waals surface area contributed by atoms with Crippen LogP contribution in [0.25, 0.3) is 16.9 Å². The fourth-order valence-corrected chi connectivity index (χ4v) is 2.43. The van der Waals surface area contributed by atoms with Crippen molar-refractivity contribution in [2.24, 2.45) is 5.92 Å². The van der Waals surface area contributed by atoms with Crippen molar-refractivity contribution in [3.63, 3.8) is 0 Å². The summed E-state index contributed by atoms with van der Waals surface area (Å²) in [4.78, 5) is 19.4. The molecule has 0 saturated heterocycles. The predicted octanol–water partition coefficient (Wildman–Crippen LogP) is 2.25. The Morgan fingerprint density at radius 3 is 3.00 bits per heavy atom. The van der Waals surface area contributed by atoms with Crippen LogP contribution in [0.4, 0.5) is 0 Å². The number of nitrogens with one attached hydrogen (secondary N) is 1. The van der Waals surface area contributed by atoms with E-state index in [0.29, 0.717) is 12.2 Å². The highest BCUT2D eigenvalue weighted by Gasteiger charge is 2.30. The van der Waals surface area contributed by atoms with E-state index in [1.54, 1.807) is 4.52 Å². The van der Waals surface area contributed by atoms with Crippen LogP contribution in [-0.4, -0.2) is 25.4 Å². The molecule has 3 aromatic rings. The summed E-state index contributed by atoms with van der Waals surface area (Å²) in [6.45, 7) is 0. The Kier molecular flexibility index (Phi) is 2.45. The van der Waals surface area contributed by atoms with E-state index in [1.807, 2.05) is 36.7 Å². The van der Waals surface area contributed by atoms with Crippen molar-refractivity contribution in [2.75, 3.05) is 0 Å². The summed E-state index contributed by atoms with van der Waals surface area (Å²) >= 11 is 0. The number of nitrogens with zero attached hydrogens (tertiary/aromatic N) is 3. The molecule has 0 unspecified atom stereocenters. The lowest BCUT2D eigenvalue weighted by Crippen LogP contribution is -2.06. The highest BCUT2D eigenvalue weighted by molar-refractivity contribution is 5.84. The average molecular weight is 266 g/mol. The summed E-state index contributed by atoms with van der Waals surface area (Å²) in [7, 11) is 0. The lowest BCUT2D eigenvalue weighted by molar-refractivity contribution is -0.119. The van der Waals surface area contributed by atoms with E-state index in [1.165, 1.54) is 0 Å². The van der Waals surface area contributed by atoms with Gasteiger partial charge in [0.25, 0.3) is 0 Å². The molecule has 100 valence electrons. The van der Waals surface area contributed by atoms with Gasteiger partial charge in [-0.2, -0.15) is 5.10 Å². The first-order valence-corrected chi connectivity index (χ1v) is 6.82. The molecule has 1 N–H and O–H groups in total. The SMILES string of the molecule is O=C(Cc1nc2cccc(-c3cc[nH]c3)n2n1)C1CC1.